The second-order valence-corrected chi connectivity index (χ2v) is 3.31. The first-order valence-corrected chi connectivity index (χ1v) is 5.17. The average Bonchev–Trinajstić information content (AvgIpc) is 2.20. The molecule has 5 heteroatoms. The minimum atomic E-state index is -1.01. The van der Waals surface area contributed by atoms with Crippen molar-refractivity contribution in [2.75, 3.05) is 13.7 Å². The van der Waals surface area contributed by atoms with Crippen LogP contribution >= 0.6 is 0 Å². The molecule has 1 atom stereocenters. The first kappa shape index (κ1) is 13.9. The molecule has 0 aromatic carbocycles. The Hall–Kier alpha value is -1.10. The molecule has 0 rings (SSSR count). The summed E-state index contributed by atoms with van der Waals surface area (Å²) in [6.07, 6.45) is 2.65. The van der Waals surface area contributed by atoms with Gasteiger partial charge < -0.3 is 15.2 Å². The van der Waals surface area contributed by atoms with Crippen LogP contribution in [0.2, 0.25) is 0 Å². The molecule has 0 spiro atoms. The number of carbonyl (C=O) groups is 2. The lowest BCUT2D eigenvalue weighted by Crippen LogP contribution is -2.37. The van der Waals surface area contributed by atoms with Gasteiger partial charge in [-0.15, -0.1) is 0 Å². The number of aliphatic carboxylic acids is 1. The molecule has 0 aliphatic rings. The highest BCUT2D eigenvalue weighted by Crippen LogP contribution is 1.99. The number of carboxylic acid groups (broad SMARTS) is 1. The molecule has 0 fully saturated rings. The van der Waals surface area contributed by atoms with Gasteiger partial charge in [-0.2, -0.15) is 0 Å². The van der Waals surface area contributed by atoms with Gasteiger partial charge in [-0.1, -0.05) is 19.8 Å². The third-order valence-corrected chi connectivity index (χ3v) is 2.00. The fraction of sp³-hybridized carbons (Fsp3) is 0.800. The minimum absolute atomic E-state index is 0.247. The largest absolute Gasteiger partial charge is 0.481 e. The van der Waals surface area contributed by atoms with Gasteiger partial charge in [0.05, 0.1) is 13.0 Å². The van der Waals surface area contributed by atoms with Crippen molar-refractivity contribution in [2.24, 2.45) is 0 Å². The molecular formula is C10H19NO4. The maximum Gasteiger partial charge on any atom is 0.323 e. The zero-order valence-electron chi connectivity index (χ0n) is 9.28. The predicted molar refractivity (Wildman–Crippen MR) is 55.6 cm³/mol. The lowest BCUT2D eigenvalue weighted by Gasteiger charge is -2.12. The van der Waals surface area contributed by atoms with E-state index in [2.05, 4.69) is 12.2 Å². The first-order chi connectivity index (χ1) is 7.11. The van der Waals surface area contributed by atoms with Crippen molar-refractivity contribution in [1.29, 1.82) is 0 Å². The summed E-state index contributed by atoms with van der Waals surface area (Å²) in [5.41, 5.74) is 0. The standard InChI is InChI=1S/C10H19NO4/c1-3-4-5-6-15-10(14)8(11-2)7-9(12)13/h8,11H,3-7H2,1-2H3,(H,12,13)/t8-/m0/s1. The highest BCUT2D eigenvalue weighted by Gasteiger charge is 2.20. The van der Waals surface area contributed by atoms with Gasteiger partial charge in [0.1, 0.15) is 6.04 Å². The Bertz CT molecular complexity index is 206. The molecular weight excluding hydrogens is 198 g/mol. The molecule has 2 N–H and O–H groups in total. The van der Waals surface area contributed by atoms with Crippen LogP contribution in [0.3, 0.4) is 0 Å². The fourth-order valence-corrected chi connectivity index (χ4v) is 1.10. The number of esters is 1. The number of carbonyl (C=O) groups excluding carboxylic acids is 1. The molecule has 0 unspecified atom stereocenters. The van der Waals surface area contributed by atoms with Crippen LogP contribution in [-0.4, -0.2) is 36.7 Å². The number of unbranched alkanes of at least 4 members (excludes halogenated alkanes) is 2. The third kappa shape index (κ3) is 6.90. The molecule has 15 heavy (non-hydrogen) atoms. The summed E-state index contributed by atoms with van der Waals surface area (Å²) >= 11 is 0. The highest BCUT2D eigenvalue weighted by molar-refractivity contribution is 5.81. The lowest BCUT2D eigenvalue weighted by atomic mass is 10.2. The number of likely N-dealkylation sites (N-methyl/N-ethyl adjacent to an activating group) is 1. The smallest absolute Gasteiger partial charge is 0.323 e. The Kier molecular flexibility index (Phi) is 7.62. The molecule has 88 valence electrons. The number of nitrogens with one attached hydrogen (secondary N) is 1. The fourth-order valence-electron chi connectivity index (χ4n) is 1.10. The van der Waals surface area contributed by atoms with Gasteiger partial charge in [-0.05, 0) is 13.5 Å². The van der Waals surface area contributed by atoms with Crippen LogP contribution in [-0.2, 0) is 14.3 Å². The summed E-state index contributed by atoms with van der Waals surface area (Å²) < 4.78 is 4.93. The molecule has 0 radical (unpaired) electrons. The van der Waals surface area contributed by atoms with Crippen LogP contribution in [0.25, 0.3) is 0 Å². The van der Waals surface area contributed by atoms with Crippen LogP contribution in [0.4, 0.5) is 0 Å². The van der Waals surface area contributed by atoms with Crippen molar-refractivity contribution in [3.8, 4) is 0 Å². The van der Waals surface area contributed by atoms with Gasteiger partial charge in [0.25, 0.3) is 0 Å². The van der Waals surface area contributed by atoms with E-state index in [-0.39, 0.29) is 6.42 Å². The normalized spacial score (nSPS) is 12.1. The number of ether oxygens (including phenoxy) is 1. The van der Waals surface area contributed by atoms with Gasteiger partial charge in [0.2, 0.25) is 0 Å². The zero-order chi connectivity index (χ0) is 11.7. The average molecular weight is 217 g/mol. The van der Waals surface area contributed by atoms with Crippen molar-refractivity contribution in [1.82, 2.24) is 5.32 Å². The summed E-state index contributed by atoms with van der Waals surface area (Å²) in [6, 6.07) is -0.746. The number of hydrogen-bond donors (Lipinski definition) is 2. The quantitative estimate of drug-likeness (QED) is 0.464. The van der Waals surface area contributed by atoms with E-state index in [1.54, 1.807) is 7.05 Å². The Labute approximate surface area is 89.8 Å². The number of hydrogen-bond acceptors (Lipinski definition) is 4. The summed E-state index contributed by atoms with van der Waals surface area (Å²) in [5.74, 6) is -1.50. The minimum Gasteiger partial charge on any atom is -0.481 e. The van der Waals surface area contributed by atoms with Crippen molar-refractivity contribution >= 4 is 11.9 Å². The predicted octanol–water partition coefficient (Wildman–Crippen LogP) is 0.782. The molecule has 0 amide bonds. The molecule has 0 saturated carbocycles. The van der Waals surface area contributed by atoms with E-state index in [9.17, 15) is 9.59 Å². The van der Waals surface area contributed by atoms with Gasteiger partial charge in [-0.25, -0.2) is 0 Å². The van der Waals surface area contributed by atoms with E-state index in [1.165, 1.54) is 0 Å². The number of rotatable bonds is 8. The van der Waals surface area contributed by atoms with E-state index in [1.807, 2.05) is 0 Å². The Balaban J connectivity index is 3.78. The van der Waals surface area contributed by atoms with Crippen LogP contribution in [0.5, 0.6) is 0 Å². The van der Waals surface area contributed by atoms with E-state index >= 15 is 0 Å². The Morgan fingerprint density at radius 3 is 2.53 bits per heavy atom. The van der Waals surface area contributed by atoms with Crippen molar-refractivity contribution < 1.29 is 19.4 Å². The third-order valence-electron chi connectivity index (χ3n) is 2.00. The van der Waals surface area contributed by atoms with Crippen molar-refractivity contribution in [2.45, 2.75) is 38.6 Å². The first-order valence-electron chi connectivity index (χ1n) is 5.17. The maximum atomic E-state index is 11.3. The van der Waals surface area contributed by atoms with Crippen LogP contribution in [0.1, 0.15) is 32.6 Å². The van der Waals surface area contributed by atoms with Gasteiger partial charge in [-0.3, -0.25) is 9.59 Å². The summed E-state index contributed by atoms with van der Waals surface area (Å²) in [5, 5.41) is 11.1. The van der Waals surface area contributed by atoms with E-state index in [0.717, 1.165) is 19.3 Å². The summed E-state index contributed by atoms with van der Waals surface area (Å²) in [6.45, 7) is 2.42. The summed E-state index contributed by atoms with van der Waals surface area (Å²) in [7, 11) is 1.54. The summed E-state index contributed by atoms with van der Waals surface area (Å²) in [4.78, 5) is 21.7. The molecule has 0 aliphatic carbocycles. The molecule has 0 bridgehead atoms. The Morgan fingerprint density at radius 2 is 2.07 bits per heavy atom. The van der Waals surface area contributed by atoms with Crippen LogP contribution < -0.4 is 5.32 Å². The molecule has 0 heterocycles. The van der Waals surface area contributed by atoms with Gasteiger partial charge >= 0.3 is 11.9 Å². The molecule has 0 aliphatic heterocycles. The van der Waals surface area contributed by atoms with E-state index in [4.69, 9.17) is 9.84 Å². The zero-order valence-corrected chi connectivity index (χ0v) is 9.28. The lowest BCUT2D eigenvalue weighted by molar-refractivity contribution is -0.150. The number of carboxylic acids is 1. The molecule has 0 aromatic rings. The topological polar surface area (TPSA) is 75.6 Å². The molecule has 0 saturated heterocycles. The van der Waals surface area contributed by atoms with Crippen molar-refractivity contribution in [3.63, 3.8) is 0 Å². The Morgan fingerprint density at radius 1 is 1.40 bits per heavy atom. The molecule has 0 aromatic heterocycles. The molecule has 5 nitrogen and oxygen atoms in total. The second kappa shape index (κ2) is 8.23. The SMILES string of the molecule is CCCCCOC(=O)[C@H](CC(=O)O)NC. The second-order valence-electron chi connectivity index (χ2n) is 3.31. The van der Waals surface area contributed by atoms with Crippen LogP contribution in [0, 0.1) is 0 Å². The van der Waals surface area contributed by atoms with Gasteiger partial charge in [0.15, 0.2) is 0 Å². The maximum absolute atomic E-state index is 11.3. The van der Waals surface area contributed by atoms with Gasteiger partial charge in [0, 0.05) is 0 Å². The van der Waals surface area contributed by atoms with E-state index < -0.39 is 18.0 Å². The van der Waals surface area contributed by atoms with Crippen molar-refractivity contribution in [3.05, 3.63) is 0 Å². The monoisotopic (exact) mass is 217 g/mol. The van der Waals surface area contributed by atoms with E-state index in [0.29, 0.717) is 6.61 Å². The highest BCUT2D eigenvalue weighted by atomic mass is 16.5. The van der Waals surface area contributed by atoms with Crippen LogP contribution in [0.15, 0.2) is 0 Å².